The maximum Gasteiger partial charge on any atom is 0.315 e. The van der Waals surface area contributed by atoms with Gasteiger partial charge in [0.15, 0.2) is 0 Å². The second kappa shape index (κ2) is 7.31. The molecule has 1 saturated heterocycles. The van der Waals surface area contributed by atoms with Crippen LogP contribution in [0.1, 0.15) is 25.3 Å². The number of halogens is 1. The predicted molar refractivity (Wildman–Crippen MR) is 82.1 cm³/mol. The van der Waals surface area contributed by atoms with Crippen molar-refractivity contribution in [2.45, 2.75) is 32.4 Å². The summed E-state index contributed by atoms with van der Waals surface area (Å²) >= 11 is 5.89. The first kappa shape index (κ1) is 15.6. The Morgan fingerprint density at radius 3 is 2.67 bits per heavy atom. The third kappa shape index (κ3) is 4.93. The van der Waals surface area contributed by atoms with Crippen molar-refractivity contribution < 1.29 is 9.59 Å². The fourth-order valence-electron chi connectivity index (χ4n) is 2.40. The lowest BCUT2D eigenvalue weighted by molar-refractivity contribution is -0.129. The van der Waals surface area contributed by atoms with Crippen LogP contribution in [0.4, 0.5) is 4.79 Å². The van der Waals surface area contributed by atoms with Crippen molar-refractivity contribution in [2.75, 3.05) is 13.1 Å². The highest BCUT2D eigenvalue weighted by Crippen LogP contribution is 2.11. The summed E-state index contributed by atoms with van der Waals surface area (Å²) in [5.74, 6) is 0.0962. The summed E-state index contributed by atoms with van der Waals surface area (Å²) in [6.45, 7) is 3.42. The summed E-state index contributed by atoms with van der Waals surface area (Å²) in [4.78, 5) is 24.9. The SMILES string of the molecule is CC(=O)N1CCC(NC(=O)NCc2cccc(Cl)c2)CC1. The molecule has 114 valence electrons. The molecule has 0 bridgehead atoms. The van der Waals surface area contributed by atoms with Gasteiger partial charge in [-0.15, -0.1) is 0 Å². The molecule has 1 fully saturated rings. The minimum Gasteiger partial charge on any atom is -0.343 e. The Morgan fingerprint density at radius 1 is 1.33 bits per heavy atom. The van der Waals surface area contributed by atoms with Gasteiger partial charge in [0.1, 0.15) is 0 Å². The van der Waals surface area contributed by atoms with Gasteiger partial charge in [-0.2, -0.15) is 0 Å². The van der Waals surface area contributed by atoms with Crippen LogP contribution in [0.3, 0.4) is 0 Å². The molecule has 0 atom stereocenters. The quantitative estimate of drug-likeness (QED) is 0.898. The maximum absolute atomic E-state index is 11.8. The van der Waals surface area contributed by atoms with Crippen LogP contribution in [-0.4, -0.2) is 36.0 Å². The molecule has 1 aliphatic heterocycles. The van der Waals surface area contributed by atoms with Gasteiger partial charge in [-0.05, 0) is 30.5 Å². The first-order chi connectivity index (χ1) is 10.0. The highest BCUT2D eigenvalue weighted by atomic mass is 35.5. The standard InChI is InChI=1S/C15H20ClN3O2/c1-11(20)19-7-5-14(6-8-19)18-15(21)17-10-12-3-2-4-13(16)9-12/h2-4,9,14H,5-8,10H2,1H3,(H2,17,18,21). The number of benzene rings is 1. The first-order valence-corrected chi connectivity index (χ1v) is 7.46. The number of rotatable bonds is 3. The normalized spacial score (nSPS) is 15.6. The lowest BCUT2D eigenvalue weighted by Gasteiger charge is -2.31. The number of carbonyl (C=O) groups excluding carboxylic acids is 2. The number of amides is 3. The van der Waals surface area contributed by atoms with Crippen molar-refractivity contribution >= 4 is 23.5 Å². The van der Waals surface area contributed by atoms with Gasteiger partial charge in [-0.25, -0.2) is 4.79 Å². The third-order valence-electron chi connectivity index (χ3n) is 3.62. The van der Waals surface area contributed by atoms with Gasteiger partial charge in [0.25, 0.3) is 0 Å². The maximum atomic E-state index is 11.8. The summed E-state index contributed by atoms with van der Waals surface area (Å²) in [5.41, 5.74) is 0.962. The minimum absolute atomic E-state index is 0.0962. The zero-order valence-corrected chi connectivity index (χ0v) is 12.8. The molecule has 0 aliphatic carbocycles. The lowest BCUT2D eigenvalue weighted by Crippen LogP contribution is -2.48. The summed E-state index contributed by atoms with van der Waals surface area (Å²) < 4.78 is 0. The highest BCUT2D eigenvalue weighted by Gasteiger charge is 2.21. The molecule has 2 N–H and O–H groups in total. The molecule has 0 aromatic heterocycles. The van der Waals surface area contributed by atoms with Gasteiger partial charge in [0, 0.05) is 37.6 Å². The van der Waals surface area contributed by atoms with Crippen LogP contribution in [0.25, 0.3) is 0 Å². The Bertz CT molecular complexity index is 513. The van der Waals surface area contributed by atoms with Gasteiger partial charge in [-0.3, -0.25) is 4.79 Å². The van der Waals surface area contributed by atoms with E-state index in [4.69, 9.17) is 11.6 Å². The second-order valence-corrected chi connectivity index (χ2v) is 5.67. The van der Waals surface area contributed by atoms with Gasteiger partial charge < -0.3 is 15.5 Å². The Balaban J connectivity index is 1.72. The molecule has 21 heavy (non-hydrogen) atoms. The van der Waals surface area contributed by atoms with Crippen LogP contribution >= 0.6 is 11.6 Å². The second-order valence-electron chi connectivity index (χ2n) is 5.24. The zero-order valence-electron chi connectivity index (χ0n) is 12.1. The van der Waals surface area contributed by atoms with Crippen molar-refractivity contribution in [3.8, 4) is 0 Å². The van der Waals surface area contributed by atoms with E-state index in [9.17, 15) is 9.59 Å². The molecule has 3 amide bonds. The van der Waals surface area contributed by atoms with Gasteiger partial charge in [-0.1, -0.05) is 23.7 Å². The zero-order chi connectivity index (χ0) is 15.2. The van der Waals surface area contributed by atoms with Gasteiger partial charge in [0.05, 0.1) is 0 Å². The molecule has 1 heterocycles. The summed E-state index contributed by atoms with van der Waals surface area (Å²) in [6, 6.07) is 7.34. The van der Waals surface area contributed by atoms with E-state index in [0.29, 0.717) is 24.7 Å². The fraction of sp³-hybridized carbons (Fsp3) is 0.467. The predicted octanol–water partition coefficient (Wildman–Crippen LogP) is 2.15. The Kier molecular flexibility index (Phi) is 5.44. The van der Waals surface area contributed by atoms with E-state index < -0.39 is 0 Å². The highest BCUT2D eigenvalue weighted by molar-refractivity contribution is 6.30. The Hall–Kier alpha value is -1.75. The number of nitrogens with one attached hydrogen (secondary N) is 2. The molecule has 5 nitrogen and oxygen atoms in total. The van der Waals surface area contributed by atoms with Crippen LogP contribution < -0.4 is 10.6 Å². The van der Waals surface area contributed by atoms with Crippen molar-refractivity contribution in [3.05, 3.63) is 34.9 Å². The van der Waals surface area contributed by atoms with E-state index in [1.807, 2.05) is 23.1 Å². The summed E-state index contributed by atoms with van der Waals surface area (Å²) in [6.07, 6.45) is 1.59. The number of urea groups is 1. The number of nitrogens with zero attached hydrogens (tertiary/aromatic N) is 1. The van der Waals surface area contributed by atoms with Crippen molar-refractivity contribution in [1.29, 1.82) is 0 Å². The average molecular weight is 310 g/mol. The number of piperidine rings is 1. The van der Waals surface area contributed by atoms with Crippen molar-refractivity contribution in [1.82, 2.24) is 15.5 Å². The molecule has 0 spiro atoms. The van der Waals surface area contributed by atoms with E-state index in [-0.39, 0.29) is 18.0 Å². The summed E-state index contributed by atoms with van der Waals surface area (Å²) in [5, 5.41) is 6.42. The minimum atomic E-state index is -0.184. The molecule has 1 aromatic rings. The van der Waals surface area contributed by atoms with Crippen molar-refractivity contribution in [2.24, 2.45) is 0 Å². The monoisotopic (exact) mass is 309 g/mol. The molecule has 1 aliphatic rings. The molecule has 2 rings (SSSR count). The number of hydrogen-bond donors (Lipinski definition) is 2. The van der Waals surface area contributed by atoms with E-state index in [0.717, 1.165) is 18.4 Å². The van der Waals surface area contributed by atoms with Crippen LogP contribution in [0.5, 0.6) is 0 Å². The fourth-order valence-corrected chi connectivity index (χ4v) is 2.62. The molecule has 1 aromatic carbocycles. The lowest BCUT2D eigenvalue weighted by atomic mass is 10.1. The average Bonchev–Trinajstić information content (AvgIpc) is 2.46. The number of hydrogen-bond acceptors (Lipinski definition) is 2. The number of likely N-dealkylation sites (tertiary alicyclic amines) is 1. The van der Waals surface area contributed by atoms with Crippen molar-refractivity contribution in [3.63, 3.8) is 0 Å². The van der Waals surface area contributed by atoms with E-state index in [1.54, 1.807) is 13.0 Å². The van der Waals surface area contributed by atoms with Gasteiger partial charge in [0.2, 0.25) is 5.91 Å². The molecule has 6 heteroatoms. The van der Waals surface area contributed by atoms with E-state index in [2.05, 4.69) is 10.6 Å². The van der Waals surface area contributed by atoms with Crippen LogP contribution in [0.2, 0.25) is 5.02 Å². The van der Waals surface area contributed by atoms with Gasteiger partial charge >= 0.3 is 6.03 Å². The van der Waals surface area contributed by atoms with E-state index in [1.165, 1.54) is 0 Å². The topological polar surface area (TPSA) is 61.4 Å². The van der Waals surface area contributed by atoms with E-state index >= 15 is 0 Å². The molecule has 0 saturated carbocycles. The molecular weight excluding hydrogens is 290 g/mol. The van der Waals surface area contributed by atoms with Crippen LogP contribution in [0.15, 0.2) is 24.3 Å². The number of carbonyl (C=O) groups is 2. The third-order valence-corrected chi connectivity index (χ3v) is 3.85. The van der Waals surface area contributed by atoms with Crippen LogP contribution in [-0.2, 0) is 11.3 Å². The Labute approximate surface area is 129 Å². The molecular formula is C15H20ClN3O2. The molecule has 0 unspecified atom stereocenters. The summed E-state index contributed by atoms with van der Waals surface area (Å²) in [7, 11) is 0. The Morgan fingerprint density at radius 2 is 2.05 bits per heavy atom. The van der Waals surface area contributed by atoms with Crippen LogP contribution in [0, 0.1) is 0 Å². The smallest absolute Gasteiger partial charge is 0.315 e. The largest absolute Gasteiger partial charge is 0.343 e. The molecule has 0 radical (unpaired) electrons. The first-order valence-electron chi connectivity index (χ1n) is 7.09.